The Morgan fingerprint density at radius 1 is 0.893 bits per heavy atom. The first-order valence-corrected chi connectivity index (χ1v) is 19.2. The molecular weight excluding hydrogens is 718 g/mol. The fraction of sp³-hybridized carbons (Fsp3) is 0.405. The first-order chi connectivity index (χ1) is 26.8. The van der Waals surface area contributed by atoms with Gasteiger partial charge in [-0.2, -0.15) is 5.10 Å². The molecule has 0 bridgehead atoms. The number of nitrogens with zero attached hydrogens (tertiary/aromatic N) is 5. The number of halogens is 1. The second kappa shape index (κ2) is 14.6. The van der Waals surface area contributed by atoms with Gasteiger partial charge in [-0.05, 0) is 107 Å². The smallest absolute Gasteiger partial charge is 0.262 e. The molecular formula is C42H44FN7O6. The summed E-state index contributed by atoms with van der Waals surface area (Å²) in [5, 5.41) is 9.88. The summed E-state index contributed by atoms with van der Waals surface area (Å²) in [5.41, 5.74) is 2.62. The van der Waals surface area contributed by atoms with Crippen molar-refractivity contribution >= 4 is 41.0 Å². The number of hydrogen-bond acceptors (Lipinski definition) is 9. The summed E-state index contributed by atoms with van der Waals surface area (Å²) >= 11 is 0. The van der Waals surface area contributed by atoms with Crippen LogP contribution in [0.5, 0.6) is 5.88 Å². The zero-order chi connectivity index (χ0) is 39.3. The molecule has 8 rings (SSSR count). The maximum atomic E-state index is 15.7. The van der Waals surface area contributed by atoms with E-state index in [9.17, 15) is 24.0 Å². The van der Waals surface area contributed by atoms with Gasteiger partial charge < -0.3 is 15.0 Å². The summed E-state index contributed by atoms with van der Waals surface area (Å²) < 4.78 is 23.8. The SMILES string of the molecule is CC(C)(C)n1nc(NC(=O)c2ccc(C3CCN(c4ccc5c(c4)C(=O)N(C4CCC(=O)NC4=O)C5=O)CC3)c(F)c2)cc1[C@H]1CC[C@@H](Oc2ccccn2)C1. The minimum atomic E-state index is -1.03. The molecule has 3 atom stereocenters. The van der Waals surface area contributed by atoms with Gasteiger partial charge >= 0.3 is 0 Å². The Morgan fingerprint density at radius 3 is 2.39 bits per heavy atom. The van der Waals surface area contributed by atoms with Gasteiger partial charge in [-0.3, -0.25) is 38.9 Å². The predicted molar refractivity (Wildman–Crippen MR) is 204 cm³/mol. The Labute approximate surface area is 323 Å². The van der Waals surface area contributed by atoms with E-state index in [2.05, 4.69) is 41.3 Å². The molecule has 2 aromatic heterocycles. The van der Waals surface area contributed by atoms with E-state index < -0.39 is 41.4 Å². The number of ether oxygens (including phenoxy) is 1. The minimum Gasteiger partial charge on any atom is -0.474 e. The lowest BCUT2D eigenvalue weighted by Crippen LogP contribution is -2.54. The van der Waals surface area contributed by atoms with Gasteiger partial charge in [-0.25, -0.2) is 9.37 Å². The van der Waals surface area contributed by atoms with Gasteiger partial charge in [0.25, 0.3) is 17.7 Å². The molecule has 3 aliphatic heterocycles. The highest BCUT2D eigenvalue weighted by Gasteiger charge is 2.45. The molecule has 4 aromatic rings. The van der Waals surface area contributed by atoms with Crippen LogP contribution < -0.4 is 20.3 Å². The minimum absolute atomic E-state index is 0.0292. The number of rotatable bonds is 8. The van der Waals surface area contributed by atoms with E-state index in [1.54, 1.807) is 36.5 Å². The van der Waals surface area contributed by atoms with E-state index in [-0.39, 0.29) is 53.0 Å². The van der Waals surface area contributed by atoms with Gasteiger partial charge in [-0.15, -0.1) is 0 Å². The van der Waals surface area contributed by atoms with Crippen LogP contribution in [0.2, 0.25) is 0 Å². The Balaban J connectivity index is 0.896. The number of nitrogens with one attached hydrogen (secondary N) is 2. The van der Waals surface area contributed by atoms with Gasteiger partial charge in [0, 0.05) is 60.7 Å². The van der Waals surface area contributed by atoms with Crippen LogP contribution in [0.4, 0.5) is 15.9 Å². The number of imide groups is 2. The Morgan fingerprint density at radius 2 is 1.68 bits per heavy atom. The van der Waals surface area contributed by atoms with Gasteiger partial charge in [0.05, 0.1) is 16.7 Å². The van der Waals surface area contributed by atoms with Crippen molar-refractivity contribution in [3.8, 4) is 5.88 Å². The van der Waals surface area contributed by atoms with Gasteiger partial charge in [0.1, 0.15) is 18.0 Å². The lowest BCUT2D eigenvalue weighted by atomic mass is 9.88. The Hall–Kier alpha value is -5.92. The molecule has 14 heteroatoms. The van der Waals surface area contributed by atoms with Gasteiger partial charge in [0.15, 0.2) is 5.82 Å². The Bertz CT molecular complexity index is 2230. The third kappa shape index (κ3) is 7.15. The lowest BCUT2D eigenvalue weighted by molar-refractivity contribution is -0.136. The number of fused-ring (bicyclic) bond motifs is 1. The number of anilines is 2. The summed E-state index contributed by atoms with van der Waals surface area (Å²) in [5.74, 6) is -1.94. The molecule has 1 saturated carbocycles. The van der Waals surface area contributed by atoms with Crippen molar-refractivity contribution < 1.29 is 33.1 Å². The molecule has 2 N–H and O–H groups in total. The number of amides is 5. The summed E-state index contributed by atoms with van der Waals surface area (Å²) in [6.07, 6.45) is 5.76. The van der Waals surface area contributed by atoms with Crippen LogP contribution in [0.25, 0.3) is 0 Å². The standard InChI is InChI=1S/C42H44FN7O6/c1-42(2,3)50-34(25-7-10-28(20-25)56-37-6-4-5-17-44-37)23-35(47-50)45-38(52)26-8-11-29(32(43)21-26)24-15-18-48(19-16-24)27-9-12-30-31(22-27)41(55)49(40(30)54)33-13-14-36(51)46-39(33)53/h4-6,8-9,11-12,17,21-25,28,33H,7,10,13-16,18-20H2,1-3H3,(H,45,47,52)(H,46,51,53)/t25-,28+,33?/m0/s1. The van der Waals surface area contributed by atoms with E-state index in [1.165, 1.54) is 6.07 Å². The quantitative estimate of drug-likeness (QED) is 0.208. The van der Waals surface area contributed by atoms with E-state index >= 15 is 4.39 Å². The molecule has 13 nitrogen and oxygen atoms in total. The van der Waals surface area contributed by atoms with Crippen LogP contribution >= 0.6 is 0 Å². The van der Waals surface area contributed by atoms with Gasteiger partial charge in [0.2, 0.25) is 17.7 Å². The summed E-state index contributed by atoms with van der Waals surface area (Å²) in [6.45, 7) is 7.37. The Kier molecular flexibility index (Phi) is 9.67. The van der Waals surface area contributed by atoms with E-state index in [0.717, 1.165) is 35.5 Å². The molecule has 0 radical (unpaired) electrons. The third-order valence-corrected chi connectivity index (χ3v) is 11.3. The number of pyridine rings is 1. The molecule has 56 heavy (non-hydrogen) atoms. The van der Waals surface area contributed by atoms with Crippen molar-refractivity contribution in [1.82, 2.24) is 25.0 Å². The monoisotopic (exact) mass is 761 g/mol. The van der Waals surface area contributed by atoms with Crippen molar-refractivity contribution in [3.63, 3.8) is 0 Å². The molecule has 1 unspecified atom stereocenters. The van der Waals surface area contributed by atoms with Crippen LogP contribution in [0.3, 0.4) is 0 Å². The molecule has 5 heterocycles. The summed E-state index contributed by atoms with van der Waals surface area (Å²) in [6, 6.07) is 16.2. The van der Waals surface area contributed by atoms with E-state index in [1.807, 2.05) is 28.9 Å². The fourth-order valence-electron chi connectivity index (χ4n) is 8.48. The highest BCUT2D eigenvalue weighted by atomic mass is 19.1. The molecule has 2 aromatic carbocycles. The first kappa shape index (κ1) is 37.0. The largest absolute Gasteiger partial charge is 0.474 e. The molecule has 290 valence electrons. The number of benzene rings is 2. The predicted octanol–water partition coefficient (Wildman–Crippen LogP) is 5.92. The van der Waals surface area contributed by atoms with Crippen molar-refractivity contribution in [2.45, 2.75) is 95.2 Å². The van der Waals surface area contributed by atoms with Gasteiger partial charge in [-0.1, -0.05) is 12.1 Å². The zero-order valence-electron chi connectivity index (χ0n) is 31.6. The average molecular weight is 762 g/mol. The van der Waals surface area contributed by atoms with Crippen LogP contribution in [-0.4, -0.2) is 74.4 Å². The normalized spacial score (nSPS) is 21.7. The van der Waals surface area contributed by atoms with Crippen LogP contribution in [-0.2, 0) is 15.1 Å². The number of carbonyl (C=O) groups is 5. The van der Waals surface area contributed by atoms with Crippen molar-refractivity contribution in [2.75, 3.05) is 23.3 Å². The van der Waals surface area contributed by atoms with Crippen molar-refractivity contribution in [3.05, 3.63) is 101 Å². The number of hydrogen-bond donors (Lipinski definition) is 2. The number of aromatic nitrogens is 3. The van der Waals surface area contributed by atoms with E-state index in [4.69, 9.17) is 9.84 Å². The maximum absolute atomic E-state index is 15.7. The van der Waals surface area contributed by atoms with E-state index in [0.29, 0.717) is 43.2 Å². The highest BCUT2D eigenvalue weighted by molar-refractivity contribution is 6.23. The zero-order valence-corrected chi connectivity index (χ0v) is 31.6. The molecule has 2 saturated heterocycles. The summed E-state index contributed by atoms with van der Waals surface area (Å²) in [4.78, 5) is 71.3. The number of carbonyl (C=O) groups excluding carboxylic acids is 5. The maximum Gasteiger partial charge on any atom is 0.262 e. The molecule has 4 aliphatic rings. The topological polar surface area (TPSA) is 156 Å². The first-order valence-electron chi connectivity index (χ1n) is 19.2. The highest BCUT2D eigenvalue weighted by Crippen LogP contribution is 2.39. The summed E-state index contributed by atoms with van der Waals surface area (Å²) in [7, 11) is 0. The fourth-order valence-corrected chi connectivity index (χ4v) is 8.48. The molecule has 3 fully saturated rings. The second-order valence-corrected chi connectivity index (χ2v) is 16.1. The molecule has 1 aliphatic carbocycles. The lowest BCUT2D eigenvalue weighted by Gasteiger charge is -2.34. The number of piperidine rings is 2. The van der Waals surface area contributed by atoms with Crippen molar-refractivity contribution in [1.29, 1.82) is 0 Å². The second-order valence-electron chi connectivity index (χ2n) is 16.1. The van der Waals surface area contributed by atoms with Crippen LogP contribution in [0, 0.1) is 5.82 Å². The van der Waals surface area contributed by atoms with Crippen LogP contribution in [0.15, 0.2) is 66.9 Å². The molecule has 5 amide bonds. The third-order valence-electron chi connectivity index (χ3n) is 11.3. The molecule has 0 spiro atoms. The van der Waals surface area contributed by atoms with Crippen molar-refractivity contribution in [2.24, 2.45) is 0 Å². The average Bonchev–Trinajstić information content (AvgIpc) is 3.88. The van der Waals surface area contributed by atoms with Crippen LogP contribution in [0.1, 0.15) is 120 Å².